The first-order valence-corrected chi connectivity index (χ1v) is 16.1. The molecule has 2 heteroatoms. The van der Waals surface area contributed by atoms with Crippen LogP contribution in [0.15, 0.2) is 0 Å². The van der Waals surface area contributed by atoms with Crippen LogP contribution < -0.4 is 0 Å². The van der Waals surface area contributed by atoms with Gasteiger partial charge in [0.1, 0.15) is 0 Å². The lowest BCUT2D eigenvalue weighted by Gasteiger charge is -2.15. The summed E-state index contributed by atoms with van der Waals surface area (Å²) in [4.78, 5) is 12.0. The fraction of sp³-hybridized carbons (Fsp3) is 0.970. The van der Waals surface area contributed by atoms with Gasteiger partial charge in [-0.1, -0.05) is 163 Å². The maximum Gasteiger partial charge on any atom is 0.305 e. The van der Waals surface area contributed by atoms with Crippen molar-refractivity contribution in [1.82, 2.24) is 0 Å². The summed E-state index contributed by atoms with van der Waals surface area (Å²) in [5.74, 6) is 2.37. The predicted molar refractivity (Wildman–Crippen MR) is 156 cm³/mol. The van der Waals surface area contributed by atoms with Gasteiger partial charge in [-0.2, -0.15) is 0 Å². The van der Waals surface area contributed by atoms with Crippen LogP contribution in [0.1, 0.15) is 182 Å². The van der Waals surface area contributed by atoms with Crippen molar-refractivity contribution in [3.63, 3.8) is 0 Å². The fourth-order valence-electron chi connectivity index (χ4n) is 5.06. The third-order valence-electron chi connectivity index (χ3n) is 7.73. The molecule has 35 heavy (non-hydrogen) atoms. The van der Waals surface area contributed by atoms with Gasteiger partial charge in [-0.05, 0) is 30.6 Å². The van der Waals surface area contributed by atoms with E-state index in [0.717, 1.165) is 24.7 Å². The van der Waals surface area contributed by atoms with Gasteiger partial charge in [0, 0.05) is 6.42 Å². The van der Waals surface area contributed by atoms with Crippen LogP contribution in [0.25, 0.3) is 0 Å². The van der Waals surface area contributed by atoms with Crippen molar-refractivity contribution in [3.8, 4) is 0 Å². The Bertz CT molecular complexity index is 431. The topological polar surface area (TPSA) is 26.3 Å². The number of hydrogen-bond donors (Lipinski definition) is 0. The summed E-state index contributed by atoms with van der Waals surface area (Å²) >= 11 is 0. The normalized spacial score (nSPS) is 13.3. The largest absolute Gasteiger partial charge is 0.466 e. The summed E-state index contributed by atoms with van der Waals surface area (Å²) in [6.45, 7) is 12.3. The smallest absolute Gasteiger partial charge is 0.305 e. The van der Waals surface area contributed by atoms with E-state index in [4.69, 9.17) is 4.74 Å². The van der Waals surface area contributed by atoms with Gasteiger partial charge in [0.2, 0.25) is 0 Å². The maximum atomic E-state index is 12.0. The van der Waals surface area contributed by atoms with Crippen molar-refractivity contribution < 1.29 is 9.53 Å². The van der Waals surface area contributed by atoms with Gasteiger partial charge >= 0.3 is 5.97 Å². The Labute approximate surface area is 222 Å². The number of rotatable bonds is 27. The van der Waals surface area contributed by atoms with Gasteiger partial charge in [0.25, 0.3) is 0 Å². The average Bonchev–Trinajstić information content (AvgIpc) is 2.81. The highest BCUT2D eigenvalue weighted by Crippen LogP contribution is 2.20. The van der Waals surface area contributed by atoms with E-state index >= 15 is 0 Å². The Kier molecular flexibility index (Phi) is 26.1. The van der Waals surface area contributed by atoms with Crippen molar-refractivity contribution in [2.45, 2.75) is 182 Å². The Morgan fingerprint density at radius 3 is 1.37 bits per heavy atom. The molecule has 0 saturated heterocycles. The highest BCUT2D eigenvalue weighted by Gasteiger charge is 2.08. The van der Waals surface area contributed by atoms with Gasteiger partial charge in [-0.25, -0.2) is 0 Å². The molecule has 0 spiro atoms. The standard InChI is InChI=1S/C33H66O2/c1-6-7-8-9-10-11-12-13-14-15-16-17-18-19-20-27-33(34)35-29-28-32(5)26-22-25-31(4)24-21-23-30(2)3/h30-32H,6-29H2,1-5H3. The van der Waals surface area contributed by atoms with E-state index in [1.54, 1.807) is 0 Å². The first-order chi connectivity index (χ1) is 17.0. The second-order valence-corrected chi connectivity index (χ2v) is 12.2. The van der Waals surface area contributed by atoms with Crippen LogP contribution in [0.2, 0.25) is 0 Å². The zero-order valence-corrected chi connectivity index (χ0v) is 25.0. The zero-order chi connectivity index (χ0) is 26.0. The number of ether oxygens (including phenoxy) is 1. The summed E-state index contributed by atoms with van der Waals surface area (Å²) in [5.41, 5.74) is 0. The van der Waals surface area contributed by atoms with E-state index in [-0.39, 0.29) is 5.97 Å². The molecule has 0 amide bonds. The summed E-state index contributed by atoms with van der Waals surface area (Å²) in [6, 6.07) is 0. The van der Waals surface area contributed by atoms with Crippen LogP contribution in [-0.2, 0) is 9.53 Å². The quantitative estimate of drug-likeness (QED) is 0.0838. The van der Waals surface area contributed by atoms with E-state index in [0.29, 0.717) is 18.9 Å². The van der Waals surface area contributed by atoms with Crippen LogP contribution >= 0.6 is 0 Å². The second-order valence-electron chi connectivity index (χ2n) is 12.2. The molecule has 210 valence electrons. The van der Waals surface area contributed by atoms with Crippen LogP contribution in [0.5, 0.6) is 0 Å². The van der Waals surface area contributed by atoms with Crippen LogP contribution in [-0.4, -0.2) is 12.6 Å². The first-order valence-electron chi connectivity index (χ1n) is 16.1. The van der Waals surface area contributed by atoms with Crippen molar-refractivity contribution in [2.75, 3.05) is 6.61 Å². The van der Waals surface area contributed by atoms with Crippen molar-refractivity contribution in [2.24, 2.45) is 17.8 Å². The highest BCUT2D eigenvalue weighted by atomic mass is 16.5. The predicted octanol–water partition coefficient (Wildman–Crippen LogP) is 11.4. The monoisotopic (exact) mass is 495 g/mol. The van der Waals surface area contributed by atoms with Crippen LogP contribution in [0.3, 0.4) is 0 Å². The molecule has 0 aromatic heterocycles. The summed E-state index contributed by atoms with van der Waals surface area (Å²) in [5, 5.41) is 0. The van der Waals surface area contributed by atoms with Crippen LogP contribution in [0, 0.1) is 17.8 Å². The number of esters is 1. The van der Waals surface area contributed by atoms with E-state index in [9.17, 15) is 4.79 Å². The fourth-order valence-corrected chi connectivity index (χ4v) is 5.06. The molecule has 2 nitrogen and oxygen atoms in total. The van der Waals surface area contributed by atoms with Gasteiger partial charge < -0.3 is 4.74 Å². The summed E-state index contributed by atoms with van der Waals surface area (Å²) in [7, 11) is 0. The van der Waals surface area contributed by atoms with E-state index in [1.807, 2.05) is 0 Å². The lowest BCUT2D eigenvalue weighted by atomic mass is 9.93. The Morgan fingerprint density at radius 2 is 0.914 bits per heavy atom. The third kappa shape index (κ3) is 27.9. The molecule has 0 aliphatic rings. The molecule has 0 radical (unpaired) electrons. The molecule has 2 unspecified atom stereocenters. The highest BCUT2D eigenvalue weighted by molar-refractivity contribution is 5.69. The SMILES string of the molecule is CCCCCCCCCCCCCCCCCC(=O)OCCC(C)CCCC(C)CCCC(C)C. The Balaban J connectivity index is 3.35. The molecule has 2 atom stereocenters. The van der Waals surface area contributed by atoms with Crippen molar-refractivity contribution >= 4 is 5.97 Å². The van der Waals surface area contributed by atoms with Crippen molar-refractivity contribution in [3.05, 3.63) is 0 Å². The molecule has 0 saturated carbocycles. The van der Waals surface area contributed by atoms with Crippen molar-refractivity contribution in [1.29, 1.82) is 0 Å². The molecule has 0 aliphatic heterocycles. The van der Waals surface area contributed by atoms with Gasteiger partial charge in [0.15, 0.2) is 0 Å². The third-order valence-corrected chi connectivity index (χ3v) is 7.73. The molecule has 0 fully saturated rings. The maximum absolute atomic E-state index is 12.0. The minimum Gasteiger partial charge on any atom is -0.466 e. The minimum atomic E-state index is 0.0191. The van der Waals surface area contributed by atoms with Gasteiger partial charge in [-0.15, -0.1) is 0 Å². The van der Waals surface area contributed by atoms with E-state index in [2.05, 4.69) is 34.6 Å². The van der Waals surface area contributed by atoms with E-state index in [1.165, 1.54) is 128 Å². The molecule has 0 N–H and O–H groups in total. The average molecular weight is 495 g/mol. The minimum absolute atomic E-state index is 0.0191. The van der Waals surface area contributed by atoms with Gasteiger partial charge in [0.05, 0.1) is 6.61 Å². The van der Waals surface area contributed by atoms with Gasteiger partial charge in [-0.3, -0.25) is 4.79 Å². The number of hydrogen-bond acceptors (Lipinski definition) is 2. The Hall–Kier alpha value is -0.530. The molecule has 0 aromatic carbocycles. The Morgan fingerprint density at radius 1 is 0.514 bits per heavy atom. The molecule has 0 aromatic rings. The molecular formula is C33H66O2. The number of carbonyl (C=O) groups is 1. The molecule has 0 aliphatic carbocycles. The second kappa shape index (κ2) is 26.5. The van der Waals surface area contributed by atoms with E-state index < -0.39 is 0 Å². The zero-order valence-electron chi connectivity index (χ0n) is 25.0. The summed E-state index contributed by atoms with van der Waals surface area (Å²) < 4.78 is 5.50. The molecule has 0 heterocycles. The lowest BCUT2D eigenvalue weighted by molar-refractivity contribution is -0.144. The summed E-state index contributed by atoms with van der Waals surface area (Å²) in [6.07, 6.45) is 30.1. The number of unbranched alkanes of at least 4 members (excludes halogenated alkanes) is 14. The van der Waals surface area contributed by atoms with Crippen LogP contribution in [0.4, 0.5) is 0 Å². The molecular weight excluding hydrogens is 428 g/mol. The first kappa shape index (κ1) is 34.5. The lowest BCUT2D eigenvalue weighted by Crippen LogP contribution is -2.09. The number of carbonyl (C=O) groups excluding carboxylic acids is 1. The molecule has 0 rings (SSSR count). The molecule has 0 bridgehead atoms.